The molecule has 1 aromatic carbocycles. The summed E-state index contributed by atoms with van der Waals surface area (Å²) in [6.45, 7) is 4.79. The Balaban J connectivity index is 0.00000242. The molecule has 2 amide bonds. The van der Waals surface area contributed by atoms with Gasteiger partial charge in [0.2, 0.25) is 11.8 Å². The number of hydrogen-bond acceptors (Lipinski definition) is 4. The van der Waals surface area contributed by atoms with Crippen molar-refractivity contribution in [1.82, 2.24) is 4.90 Å². The lowest BCUT2D eigenvalue weighted by molar-refractivity contribution is -0.131. The van der Waals surface area contributed by atoms with Crippen LogP contribution < -0.4 is 16.4 Å². The summed E-state index contributed by atoms with van der Waals surface area (Å²) in [4.78, 5) is 27.0. The molecule has 0 saturated carbocycles. The van der Waals surface area contributed by atoms with Gasteiger partial charge in [0, 0.05) is 49.9 Å². The van der Waals surface area contributed by atoms with E-state index >= 15 is 0 Å². The molecule has 8 heteroatoms. The lowest BCUT2D eigenvalue weighted by Crippen LogP contribution is -2.49. The van der Waals surface area contributed by atoms with Gasteiger partial charge in [0.25, 0.3) is 0 Å². The van der Waals surface area contributed by atoms with Gasteiger partial charge in [0.15, 0.2) is 0 Å². The molecule has 130 valence electrons. The predicted molar refractivity (Wildman–Crippen MR) is 96.5 cm³/mol. The molecule has 1 aromatic rings. The molecular formula is C15H24Cl2N4O2. The van der Waals surface area contributed by atoms with Gasteiger partial charge in [-0.25, -0.2) is 0 Å². The predicted octanol–water partition coefficient (Wildman–Crippen LogP) is 1.02. The number of benzene rings is 1. The van der Waals surface area contributed by atoms with Gasteiger partial charge >= 0.3 is 0 Å². The van der Waals surface area contributed by atoms with Crippen molar-refractivity contribution in [1.29, 1.82) is 0 Å². The molecule has 1 fully saturated rings. The van der Waals surface area contributed by atoms with Gasteiger partial charge < -0.3 is 21.3 Å². The SMILES string of the molecule is CC(N)CC(=O)N1CCN(c2ccc(C(N)=O)cc2)CC1.Cl.Cl. The average molecular weight is 363 g/mol. The Hall–Kier alpha value is -1.50. The summed E-state index contributed by atoms with van der Waals surface area (Å²) in [7, 11) is 0. The largest absolute Gasteiger partial charge is 0.368 e. The highest BCUT2D eigenvalue weighted by Crippen LogP contribution is 2.17. The molecule has 4 N–H and O–H groups in total. The van der Waals surface area contributed by atoms with Crippen molar-refractivity contribution in [2.24, 2.45) is 11.5 Å². The Kier molecular flexibility index (Phi) is 8.97. The van der Waals surface area contributed by atoms with Gasteiger partial charge in [-0.15, -0.1) is 24.8 Å². The van der Waals surface area contributed by atoms with Crippen LogP contribution in [0.1, 0.15) is 23.7 Å². The molecule has 1 unspecified atom stereocenters. The maximum Gasteiger partial charge on any atom is 0.248 e. The summed E-state index contributed by atoms with van der Waals surface area (Å²) < 4.78 is 0. The first-order valence-corrected chi connectivity index (χ1v) is 7.15. The minimum atomic E-state index is -0.423. The van der Waals surface area contributed by atoms with Crippen LogP contribution in [0.4, 0.5) is 5.69 Å². The molecule has 23 heavy (non-hydrogen) atoms. The highest BCUT2D eigenvalue weighted by Gasteiger charge is 2.21. The number of piperazine rings is 1. The molecule has 6 nitrogen and oxygen atoms in total. The Morgan fingerprint density at radius 1 is 1.09 bits per heavy atom. The van der Waals surface area contributed by atoms with Gasteiger partial charge in [0.05, 0.1) is 0 Å². The molecule has 1 heterocycles. The van der Waals surface area contributed by atoms with E-state index in [9.17, 15) is 9.59 Å². The Labute approximate surface area is 149 Å². The van der Waals surface area contributed by atoms with Crippen molar-refractivity contribution in [2.45, 2.75) is 19.4 Å². The monoisotopic (exact) mass is 362 g/mol. The third-order valence-electron chi connectivity index (χ3n) is 3.65. The minimum absolute atomic E-state index is 0. The van der Waals surface area contributed by atoms with Crippen LogP contribution in [0.3, 0.4) is 0 Å². The van der Waals surface area contributed by atoms with Crippen LogP contribution in [0.5, 0.6) is 0 Å². The topological polar surface area (TPSA) is 92.7 Å². The molecule has 0 aromatic heterocycles. The Morgan fingerprint density at radius 3 is 2.04 bits per heavy atom. The van der Waals surface area contributed by atoms with Crippen molar-refractivity contribution in [2.75, 3.05) is 31.1 Å². The van der Waals surface area contributed by atoms with Crippen LogP contribution in [0, 0.1) is 0 Å². The Bertz CT molecular complexity index is 515. The molecule has 2 rings (SSSR count). The fourth-order valence-corrected chi connectivity index (χ4v) is 2.46. The normalized spacial score (nSPS) is 15.2. The standard InChI is InChI=1S/C15H22N4O2.2ClH/c1-11(16)10-14(20)19-8-6-18(7-9-19)13-4-2-12(3-5-13)15(17)21;;/h2-5,11H,6-10,16H2,1H3,(H2,17,21);2*1H. The second kappa shape index (κ2) is 9.60. The molecule has 0 bridgehead atoms. The minimum Gasteiger partial charge on any atom is -0.368 e. The summed E-state index contributed by atoms with van der Waals surface area (Å²) >= 11 is 0. The summed E-state index contributed by atoms with van der Waals surface area (Å²) in [6.07, 6.45) is 0.396. The highest BCUT2D eigenvalue weighted by atomic mass is 35.5. The van der Waals surface area contributed by atoms with Crippen molar-refractivity contribution >= 4 is 42.3 Å². The van der Waals surface area contributed by atoms with Crippen LogP contribution in [0.15, 0.2) is 24.3 Å². The number of hydrogen-bond donors (Lipinski definition) is 2. The number of amides is 2. The molecule has 0 spiro atoms. The van der Waals surface area contributed by atoms with Gasteiger partial charge in [-0.3, -0.25) is 9.59 Å². The van der Waals surface area contributed by atoms with Crippen LogP contribution in [0.25, 0.3) is 0 Å². The molecule has 0 radical (unpaired) electrons. The molecule has 1 atom stereocenters. The first-order chi connectivity index (χ1) is 9.97. The van der Waals surface area contributed by atoms with Gasteiger partial charge in [-0.05, 0) is 31.2 Å². The van der Waals surface area contributed by atoms with Crippen molar-refractivity contribution < 1.29 is 9.59 Å². The zero-order valence-corrected chi connectivity index (χ0v) is 14.7. The van der Waals surface area contributed by atoms with E-state index in [-0.39, 0.29) is 36.8 Å². The number of halogens is 2. The molecular weight excluding hydrogens is 339 g/mol. The van der Waals surface area contributed by atoms with Gasteiger partial charge in [-0.2, -0.15) is 0 Å². The number of anilines is 1. The lowest BCUT2D eigenvalue weighted by atomic mass is 10.1. The second-order valence-corrected chi connectivity index (χ2v) is 5.46. The summed E-state index contributed by atoms with van der Waals surface area (Å²) in [5.41, 5.74) is 12.4. The van der Waals surface area contributed by atoms with Crippen LogP contribution in [0.2, 0.25) is 0 Å². The first kappa shape index (κ1) is 21.5. The Morgan fingerprint density at radius 2 is 1.61 bits per heavy atom. The third kappa shape index (κ3) is 5.89. The number of carbonyl (C=O) groups excluding carboxylic acids is 2. The summed E-state index contributed by atoms with van der Waals surface area (Å²) in [5, 5.41) is 0. The third-order valence-corrected chi connectivity index (χ3v) is 3.65. The van der Waals surface area contributed by atoms with Crippen molar-refractivity contribution in [3.05, 3.63) is 29.8 Å². The van der Waals surface area contributed by atoms with E-state index in [1.54, 1.807) is 12.1 Å². The molecule has 1 aliphatic heterocycles. The van der Waals surface area contributed by atoms with E-state index < -0.39 is 5.91 Å². The summed E-state index contributed by atoms with van der Waals surface area (Å²) in [5.74, 6) is -0.304. The smallest absolute Gasteiger partial charge is 0.248 e. The molecule has 1 aliphatic rings. The summed E-state index contributed by atoms with van der Waals surface area (Å²) in [6, 6.07) is 7.13. The second-order valence-electron chi connectivity index (χ2n) is 5.46. The lowest BCUT2D eigenvalue weighted by Gasteiger charge is -2.36. The zero-order chi connectivity index (χ0) is 15.4. The van der Waals surface area contributed by atoms with Gasteiger partial charge in [0.1, 0.15) is 0 Å². The first-order valence-electron chi connectivity index (χ1n) is 7.15. The highest BCUT2D eigenvalue weighted by molar-refractivity contribution is 5.93. The van der Waals surface area contributed by atoms with E-state index in [2.05, 4.69) is 4.90 Å². The molecule has 0 aliphatic carbocycles. The van der Waals surface area contributed by atoms with Crippen LogP contribution in [-0.2, 0) is 4.79 Å². The van der Waals surface area contributed by atoms with E-state index in [4.69, 9.17) is 11.5 Å². The van der Waals surface area contributed by atoms with E-state index in [1.165, 1.54) is 0 Å². The zero-order valence-electron chi connectivity index (χ0n) is 13.1. The van der Waals surface area contributed by atoms with Gasteiger partial charge in [-0.1, -0.05) is 0 Å². The van der Waals surface area contributed by atoms with Crippen LogP contribution in [-0.4, -0.2) is 48.9 Å². The maximum absolute atomic E-state index is 11.9. The quantitative estimate of drug-likeness (QED) is 0.835. The van der Waals surface area contributed by atoms with E-state index in [0.717, 1.165) is 18.8 Å². The average Bonchev–Trinajstić information content (AvgIpc) is 2.47. The number of primary amides is 1. The fourth-order valence-electron chi connectivity index (χ4n) is 2.46. The van der Waals surface area contributed by atoms with E-state index in [0.29, 0.717) is 25.1 Å². The number of nitrogens with two attached hydrogens (primary N) is 2. The number of nitrogens with zero attached hydrogens (tertiary/aromatic N) is 2. The number of rotatable bonds is 4. The number of carbonyl (C=O) groups is 2. The molecule has 1 saturated heterocycles. The van der Waals surface area contributed by atoms with E-state index in [1.807, 2.05) is 24.0 Å². The van der Waals surface area contributed by atoms with Crippen molar-refractivity contribution in [3.63, 3.8) is 0 Å². The maximum atomic E-state index is 11.9. The fraction of sp³-hybridized carbons (Fsp3) is 0.467. The van der Waals surface area contributed by atoms with Crippen LogP contribution >= 0.6 is 24.8 Å². The van der Waals surface area contributed by atoms with Crippen molar-refractivity contribution in [3.8, 4) is 0 Å².